The van der Waals surface area contributed by atoms with E-state index in [9.17, 15) is 14.5 Å². The van der Waals surface area contributed by atoms with Crippen LogP contribution in [0.25, 0.3) is 0 Å². The van der Waals surface area contributed by atoms with E-state index in [1.165, 1.54) is 12.1 Å². The maximum Gasteiger partial charge on any atom is 0.274 e. The van der Waals surface area contributed by atoms with Crippen LogP contribution in [0.15, 0.2) is 12.1 Å². The van der Waals surface area contributed by atoms with E-state index in [1.807, 2.05) is 20.8 Å². The van der Waals surface area contributed by atoms with Crippen molar-refractivity contribution in [2.45, 2.75) is 39.2 Å². The molecule has 0 aliphatic heterocycles. The van der Waals surface area contributed by atoms with E-state index in [4.69, 9.17) is 0 Å². The molecule has 1 aromatic carbocycles. The van der Waals surface area contributed by atoms with Crippen LogP contribution < -0.4 is 5.32 Å². The van der Waals surface area contributed by atoms with Gasteiger partial charge in [-0.3, -0.25) is 10.1 Å². The number of hydrogen-bond donors (Lipinski definition) is 1. The van der Waals surface area contributed by atoms with Gasteiger partial charge < -0.3 is 5.32 Å². The number of nitro groups is 1. The predicted octanol–water partition coefficient (Wildman–Crippen LogP) is 3.83. The summed E-state index contributed by atoms with van der Waals surface area (Å²) in [5.41, 5.74) is 0.473. The fourth-order valence-corrected chi connectivity index (χ4v) is 2.76. The molecule has 19 heavy (non-hydrogen) atoms. The predicted molar refractivity (Wildman–Crippen MR) is 81.9 cm³/mol. The van der Waals surface area contributed by atoms with Crippen molar-refractivity contribution in [2.24, 2.45) is 0 Å². The number of likely N-dealkylation sites (N-methyl/N-ethyl adjacent to an activating group) is 1. The molecule has 0 aliphatic carbocycles. The number of nitrogens with zero attached hydrogens (tertiary/aromatic N) is 1. The zero-order valence-electron chi connectivity index (χ0n) is 11.2. The molecule has 0 saturated carbocycles. The molecule has 0 bridgehead atoms. The summed E-state index contributed by atoms with van der Waals surface area (Å²) in [5, 5.41) is 14.4. The van der Waals surface area contributed by atoms with Gasteiger partial charge in [0.25, 0.3) is 5.69 Å². The lowest BCUT2D eigenvalue weighted by atomic mass is 9.88. The molecule has 0 amide bonds. The van der Waals surface area contributed by atoms with Crippen molar-refractivity contribution >= 4 is 28.3 Å². The zero-order valence-corrected chi connectivity index (χ0v) is 13.4. The molecule has 0 heterocycles. The van der Waals surface area contributed by atoms with E-state index < -0.39 is 10.7 Å². The summed E-state index contributed by atoms with van der Waals surface area (Å²) in [7, 11) is 0. The first-order valence-electron chi connectivity index (χ1n) is 6.29. The fraction of sp³-hybridized carbons (Fsp3) is 0.538. The summed E-state index contributed by atoms with van der Waals surface area (Å²) in [6.45, 7) is 6.68. The summed E-state index contributed by atoms with van der Waals surface area (Å²) < 4.78 is 14.0. The molecule has 4 nitrogen and oxygen atoms in total. The third-order valence-corrected chi connectivity index (χ3v) is 4.06. The van der Waals surface area contributed by atoms with Crippen molar-refractivity contribution in [3.8, 4) is 0 Å². The smallest absolute Gasteiger partial charge is 0.274 e. The minimum atomic E-state index is -0.432. The second-order valence-electron chi connectivity index (χ2n) is 4.44. The van der Waals surface area contributed by atoms with Gasteiger partial charge in [0.1, 0.15) is 5.82 Å². The van der Waals surface area contributed by atoms with Crippen LogP contribution in [0.3, 0.4) is 0 Å². The average Bonchev–Trinajstić information content (AvgIpc) is 2.34. The van der Waals surface area contributed by atoms with Crippen LogP contribution in [-0.4, -0.2) is 17.5 Å². The Hall–Kier alpha value is -0.760. The van der Waals surface area contributed by atoms with Gasteiger partial charge in [0.05, 0.1) is 8.49 Å². The number of benzene rings is 1. The van der Waals surface area contributed by atoms with Crippen LogP contribution in [0.2, 0.25) is 0 Å². The highest BCUT2D eigenvalue weighted by atomic mass is 127. The first kappa shape index (κ1) is 16.3. The van der Waals surface area contributed by atoms with Crippen molar-refractivity contribution in [3.05, 3.63) is 37.2 Å². The Balaban J connectivity index is 3.29. The molecule has 106 valence electrons. The largest absolute Gasteiger partial charge is 0.314 e. The van der Waals surface area contributed by atoms with Crippen molar-refractivity contribution in [3.63, 3.8) is 0 Å². The van der Waals surface area contributed by atoms with Crippen LogP contribution in [0.1, 0.15) is 38.7 Å². The maximum absolute atomic E-state index is 13.7. The number of rotatable bonds is 6. The quantitative estimate of drug-likeness (QED) is 0.464. The SMILES string of the molecule is CCNC(C)C(CC)c1cc(F)c(I)cc1[N+](=O)[O-]. The number of hydrogen-bond acceptors (Lipinski definition) is 3. The number of nitro benzene ring substituents is 1. The molecule has 0 fully saturated rings. The van der Waals surface area contributed by atoms with Crippen molar-refractivity contribution < 1.29 is 9.31 Å². The van der Waals surface area contributed by atoms with E-state index in [0.29, 0.717) is 5.56 Å². The molecular formula is C13H18FIN2O2. The van der Waals surface area contributed by atoms with Crippen LogP contribution in [0, 0.1) is 19.5 Å². The van der Waals surface area contributed by atoms with E-state index in [2.05, 4.69) is 5.32 Å². The lowest BCUT2D eigenvalue weighted by Gasteiger charge is -2.23. The molecule has 0 spiro atoms. The molecule has 2 atom stereocenters. The van der Waals surface area contributed by atoms with Crippen LogP contribution >= 0.6 is 22.6 Å². The lowest BCUT2D eigenvalue weighted by molar-refractivity contribution is -0.385. The third-order valence-electron chi connectivity index (χ3n) is 3.24. The summed E-state index contributed by atoms with van der Waals surface area (Å²) >= 11 is 1.77. The highest BCUT2D eigenvalue weighted by Crippen LogP contribution is 2.33. The molecule has 0 radical (unpaired) electrons. The minimum absolute atomic E-state index is 0.00223. The Morgan fingerprint density at radius 2 is 2.11 bits per heavy atom. The Bertz CT molecular complexity index is 468. The molecule has 2 unspecified atom stereocenters. The van der Waals surface area contributed by atoms with Gasteiger partial charge >= 0.3 is 0 Å². The highest BCUT2D eigenvalue weighted by Gasteiger charge is 2.26. The second-order valence-corrected chi connectivity index (χ2v) is 5.61. The van der Waals surface area contributed by atoms with E-state index in [1.54, 1.807) is 22.6 Å². The second kappa shape index (κ2) is 7.14. The number of nitrogens with one attached hydrogen (secondary N) is 1. The van der Waals surface area contributed by atoms with E-state index in [-0.39, 0.29) is 21.2 Å². The topological polar surface area (TPSA) is 55.2 Å². The van der Waals surface area contributed by atoms with Crippen LogP contribution in [-0.2, 0) is 0 Å². The molecule has 0 aromatic heterocycles. The standard InChI is InChI=1S/C13H18FIN2O2/c1-4-9(8(3)16-5-2)10-6-11(14)12(15)7-13(10)17(18)19/h6-9,16H,4-5H2,1-3H3. The van der Waals surface area contributed by atoms with Gasteiger partial charge in [0.15, 0.2) is 0 Å². The summed E-state index contributed by atoms with van der Waals surface area (Å²) in [4.78, 5) is 10.7. The monoisotopic (exact) mass is 380 g/mol. The van der Waals surface area contributed by atoms with E-state index in [0.717, 1.165) is 13.0 Å². The molecule has 6 heteroatoms. The highest BCUT2D eigenvalue weighted by molar-refractivity contribution is 14.1. The number of halogens is 2. The average molecular weight is 380 g/mol. The Morgan fingerprint density at radius 1 is 1.47 bits per heavy atom. The van der Waals surface area contributed by atoms with E-state index >= 15 is 0 Å². The lowest BCUT2D eigenvalue weighted by Crippen LogP contribution is -2.32. The van der Waals surface area contributed by atoms with Gasteiger partial charge in [-0.05, 0) is 48.5 Å². The van der Waals surface area contributed by atoms with Gasteiger partial charge in [-0.1, -0.05) is 13.8 Å². The summed E-state index contributed by atoms with van der Waals surface area (Å²) in [6, 6.07) is 2.68. The Morgan fingerprint density at radius 3 is 2.58 bits per heavy atom. The zero-order chi connectivity index (χ0) is 14.6. The Labute approximate surface area is 126 Å². The molecule has 0 aliphatic rings. The van der Waals surface area contributed by atoms with Gasteiger partial charge in [0, 0.05) is 23.6 Å². The van der Waals surface area contributed by atoms with Crippen LogP contribution in [0.4, 0.5) is 10.1 Å². The maximum atomic E-state index is 13.7. The van der Waals surface area contributed by atoms with Crippen LogP contribution in [0.5, 0.6) is 0 Å². The molecule has 0 saturated heterocycles. The molecular weight excluding hydrogens is 362 g/mol. The first-order valence-corrected chi connectivity index (χ1v) is 7.36. The summed E-state index contributed by atoms with van der Waals surface area (Å²) in [6.07, 6.45) is 0.717. The van der Waals surface area contributed by atoms with Gasteiger partial charge in [-0.15, -0.1) is 0 Å². The van der Waals surface area contributed by atoms with Crippen molar-refractivity contribution in [1.82, 2.24) is 5.32 Å². The molecule has 1 rings (SSSR count). The van der Waals surface area contributed by atoms with Gasteiger partial charge in [-0.2, -0.15) is 0 Å². The van der Waals surface area contributed by atoms with Gasteiger partial charge in [-0.25, -0.2) is 4.39 Å². The normalized spacial score (nSPS) is 14.2. The third kappa shape index (κ3) is 3.85. The fourth-order valence-electron chi connectivity index (χ4n) is 2.31. The first-order chi connectivity index (χ1) is 8.92. The Kier molecular flexibility index (Phi) is 6.12. The molecule has 1 N–H and O–H groups in total. The van der Waals surface area contributed by atoms with Gasteiger partial charge in [0.2, 0.25) is 0 Å². The van der Waals surface area contributed by atoms with Crippen molar-refractivity contribution in [2.75, 3.05) is 6.54 Å². The minimum Gasteiger partial charge on any atom is -0.314 e. The summed E-state index contributed by atoms with van der Waals surface area (Å²) in [5.74, 6) is -0.477. The van der Waals surface area contributed by atoms with Crippen molar-refractivity contribution in [1.29, 1.82) is 0 Å². The molecule has 1 aromatic rings.